The summed E-state index contributed by atoms with van der Waals surface area (Å²) in [6.45, 7) is 0. The van der Waals surface area contributed by atoms with Gasteiger partial charge in [-0.15, -0.1) is 0 Å². The zero-order chi connectivity index (χ0) is 10.0. The van der Waals surface area contributed by atoms with Crippen LogP contribution >= 0.6 is 31.9 Å². The molecule has 0 atom stereocenters. The van der Waals surface area contributed by atoms with Gasteiger partial charge in [-0.2, -0.15) is 0 Å². The Bertz CT molecular complexity index is 318. The molecule has 0 fully saturated rings. The molecule has 1 rings (SSSR count). The molecule has 2 N–H and O–H groups in total. The lowest BCUT2D eigenvalue weighted by atomic mass is 10.2. The molecule has 0 aromatic carbocycles. The van der Waals surface area contributed by atoms with E-state index < -0.39 is 6.43 Å². The minimum Gasteiger partial charge on any atom is -0.397 e. The lowest BCUT2D eigenvalue weighted by Crippen LogP contribution is -2.01. The molecule has 0 saturated heterocycles. The number of rotatable bonds is 2. The second kappa shape index (κ2) is 4.32. The monoisotopic (exact) mass is 314 g/mol. The van der Waals surface area contributed by atoms with Gasteiger partial charge in [0.25, 0.3) is 6.43 Å². The molecule has 0 saturated carbocycles. The molecular formula is C7H6Br2F2N2. The van der Waals surface area contributed by atoms with Gasteiger partial charge in [-0.3, -0.25) is 0 Å². The molecule has 13 heavy (non-hydrogen) atoms. The fraction of sp³-hybridized carbons (Fsp3) is 0.286. The van der Waals surface area contributed by atoms with Crippen LogP contribution in [0.1, 0.15) is 17.7 Å². The Kier molecular flexibility index (Phi) is 3.61. The average Bonchev–Trinajstić information content (AvgIpc) is 2.07. The number of anilines is 1. The molecule has 0 radical (unpaired) electrons. The number of halogens is 4. The Labute approximate surface area is 90.8 Å². The first-order valence-electron chi connectivity index (χ1n) is 3.35. The number of nitrogen functional groups attached to an aromatic ring is 1. The summed E-state index contributed by atoms with van der Waals surface area (Å²) >= 11 is 6.27. The SMILES string of the molecule is Nc1cc(CBr)c(Br)nc1C(F)F. The summed E-state index contributed by atoms with van der Waals surface area (Å²) in [5.74, 6) is 0. The van der Waals surface area contributed by atoms with Crippen LogP contribution in [0.15, 0.2) is 10.7 Å². The van der Waals surface area contributed by atoms with Crippen LogP contribution in [0.4, 0.5) is 14.5 Å². The van der Waals surface area contributed by atoms with E-state index in [4.69, 9.17) is 5.73 Å². The maximum Gasteiger partial charge on any atom is 0.282 e. The lowest BCUT2D eigenvalue weighted by molar-refractivity contribution is 0.147. The van der Waals surface area contributed by atoms with Crippen LogP contribution in [-0.4, -0.2) is 4.98 Å². The Morgan fingerprint density at radius 1 is 1.54 bits per heavy atom. The maximum absolute atomic E-state index is 12.3. The smallest absolute Gasteiger partial charge is 0.282 e. The minimum absolute atomic E-state index is 0.0210. The number of alkyl halides is 3. The van der Waals surface area contributed by atoms with E-state index in [2.05, 4.69) is 36.8 Å². The summed E-state index contributed by atoms with van der Waals surface area (Å²) in [6, 6.07) is 1.48. The largest absolute Gasteiger partial charge is 0.397 e. The summed E-state index contributed by atoms with van der Waals surface area (Å²) in [5.41, 5.74) is 5.78. The predicted octanol–water partition coefficient (Wildman–Crippen LogP) is 3.26. The van der Waals surface area contributed by atoms with E-state index >= 15 is 0 Å². The third-order valence-corrected chi connectivity index (χ3v) is 2.75. The minimum atomic E-state index is -2.64. The van der Waals surface area contributed by atoms with Crippen molar-refractivity contribution in [3.63, 3.8) is 0 Å². The van der Waals surface area contributed by atoms with Crippen LogP contribution in [0.2, 0.25) is 0 Å². The van der Waals surface area contributed by atoms with Gasteiger partial charge < -0.3 is 5.73 Å². The van der Waals surface area contributed by atoms with Crippen molar-refractivity contribution in [2.24, 2.45) is 0 Å². The molecule has 0 spiro atoms. The summed E-state index contributed by atoms with van der Waals surface area (Å²) in [6.07, 6.45) is -2.64. The van der Waals surface area contributed by atoms with Gasteiger partial charge in [0, 0.05) is 5.33 Å². The van der Waals surface area contributed by atoms with Crippen molar-refractivity contribution in [1.82, 2.24) is 4.98 Å². The molecule has 72 valence electrons. The quantitative estimate of drug-likeness (QED) is 0.672. The van der Waals surface area contributed by atoms with E-state index in [-0.39, 0.29) is 11.4 Å². The lowest BCUT2D eigenvalue weighted by Gasteiger charge is -2.06. The van der Waals surface area contributed by atoms with Crippen molar-refractivity contribution >= 4 is 37.5 Å². The molecule has 1 heterocycles. The summed E-state index contributed by atoms with van der Waals surface area (Å²) < 4.78 is 24.9. The van der Waals surface area contributed by atoms with Gasteiger partial charge in [0.1, 0.15) is 10.3 Å². The van der Waals surface area contributed by atoms with E-state index in [9.17, 15) is 8.78 Å². The standard InChI is InChI=1S/C7H6Br2F2N2/c8-2-3-1-4(12)5(7(10)11)13-6(3)9/h1,7H,2,12H2. The van der Waals surface area contributed by atoms with Crippen molar-refractivity contribution in [3.05, 3.63) is 21.9 Å². The van der Waals surface area contributed by atoms with Gasteiger partial charge in [0.05, 0.1) is 5.69 Å². The molecular weight excluding hydrogens is 310 g/mol. The van der Waals surface area contributed by atoms with Gasteiger partial charge in [-0.25, -0.2) is 13.8 Å². The Morgan fingerprint density at radius 3 is 2.62 bits per heavy atom. The second-order valence-corrected chi connectivity index (χ2v) is 3.66. The molecule has 0 bridgehead atoms. The molecule has 0 aliphatic carbocycles. The zero-order valence-corrected chi connectivity index (χ0v) is 9.57. The van der Waals surface area contributed by atoms with Gasteiger partial charge >= 0.3 is 0 Å². The van der Waals surface area contributed by atoms with E-state index in [0.717, 1.165) is 5.56 Å². The van der Waals surface area contributed by atoms with Crippen LogP contribution in [0.5, 0.6) is 0 Å². The zero-order valence-electron chi connectivity index (χ0n) is 6.40. The van der Waals surface area contributed by atoms with E-state index in [1.54, 1.807) is 0 Å². The van der Waals surface area contributed by atoms with Crippen molar-refractivity contribution in [1.29, 1.82) is 0 Å². The molecule has 0 unspecified atom stereocenters. The Morgan fingerprint density at radius 2 is 2.15 bits per heavy atom. The summed E-state index contributed by atoms with van der Waals surface area (Å²) in [5, 5.41) is 0.522. The molecule has 0 amide bonds. The molecule has 1 aromatic heterocycles. The highest BCUT2D eigenvalue weighted by Gasteiger charge is 2.15. The van der Waals surface area contributed by atoms with E-state index in [0.29, 0.717) is 9.93 Å². The number of nitrogens with zero attached hydrogens (tertiary/aromatic N) is 1. The number of aromatic nitrogens is 1. The molecule has 1 aromatic rings. The topological polar surface area (TPSA) is 38.9 Å². The molecule has 6 heteroatoms. The highest BCUT2D eigenvalue weighted by Crippen LogP contribution is 2.28. The summed E-state index contributed by atoms with van der Waals surface area (Å²) in [7, 11) is 0. The van der Waals surface area contributed by atoms with Gasteiger partial charge in [0.2, 0.25) is 0 Å². The van der Waals surface area contributed by atoms with Crippen LogP contribution in [0.25, 0.3) is 0 Å². The molecule has 0 aliphatic heterocycles. The van der Waals surface area contributed by atoms with Crippen molar-refractivity contribution in [2.75, 3.05) is 5.73 Å². The normalized spacial score (nSPS) is 10.8. The number of hydrogen-bond donors (Lipinski definition) is 1. The number of nitrogens with two attached hydrogens (primary N) is 1. The van der Waals surface area contributed by atoms with Crippen LogP contribution in [0.3, 0.4) is 0 Å². The Balaban J connectivity index is 3.20. The number of pyridine rings is 1. The van der Waals surface area contributed by atoms with Crippen molar-refractivity contribution < 1.29 is 8.78 Å². The maximum atomic E-state index is 12.3. The van der Waals surface area contributed by atoms with Crippen molar-refractivity contribution in [2.45, 2.75) is 11.8 Å². The second-order valence-electron chi connectivity index (χ2n) is 2.35. The molecule has 0 aliphatic rings. The Hall–Kier alpha value is -0.230. The first kappa shape index (κ1) is 10.8. The first-order valence-corrected chi connectivity index (χ1v) is 5.26. The van der Waals surface area contributed by atoms with E-state index in [1.165, 1.54) is 6.07 Å². The third kappa shape index (κ3) is 2.37. The van der Waals surface area contributed by atoms with E-state index in [1.807, 2.05) is 0 Å². The third-order valence-electron chi connectivity index (χ3n) is 1.46. The predicted molar refractivity (Wildman–Crippen MR) is 53.9 cm³/mol. The van der Waals surface area contributed by atoms with Gasteiger partial charge in [-0.1, -0.05) is 15.9 Å². The van der Waals surface area contributed by atoms with Crippen LogP contribution in [-0.2, 0) is 5.33 Å². The summed E-state index contributed by atoms with van der Waals surface area (Å²) in [4.78, 5) is 3.65. The number of hydrogen-bond acceptors (Lipinski definition) is 2. The first-order chi connectivity index (χ1) is 6.06. The fourth-order valence-corrected chi connectivity index (χ4v) is 2.08. The molecule has 2 nitrogen and oxygen atoms in total. The van der Waals surface area contributed by atoms with Gasteiger partial charge in [-0.05, 0) is 27.6 Å². The fourth-order valence-electron chi connectivity index (χ4n) is 0.832. The average molecular weight is 316 g/mol. The van der Waals surface area contributed by atoms with Gasteiger partial charge in [0.15, 0.2) is 0 Å². The highest BCUT2D eigenvalue weighted by molar-refractivity contribution is 9.10. The van der Waals surface area contributed by atoms with Crippen LogP contribution in [0, 0.1) is 0 Å². The highest BCUT2D eigenvalue weighted by atomic mass is 79.9. The van der Waals surface area contributed by atoms with Crippen LogP contribution < -0.4 is 5.73 Å². The van der Waals surface area contributed by atoms with Crippen molar-refractivity contribution in [3.8, 4) is 0 Å².